The van der Waals surface area contributed by atoms with E-state index in [-0.39, 0.29) is 6.03 Å². The molecule has 1 aliphatic heterocycles. The van der Waals surface area contributed by atoms with Crippen molar-refractivity contribution in [3.05, 3.63) is 10.6 Å². The molecule has 0 aliphatic carbocycles. The van der Waals surface area contributed by atoms with Gasteiger partial charge in [0.05, 0.1) is 5.69 Å². The SMILES string of the molecule is CCc1nc(NC(=O)N2CCCCCC2)sc1C. The number of aryl methyl sites for hydroxylation is 2. The lowest BCUT2D eigenvalue weighted by Crippen LogP contribution is -2.35. The number of carbonyl (C=O) groups excluding carboxylic acids is 1. The van der Waals surface area contributed by atoms with Crippen LogP contribution in [0, 0.1) is 6.92 Å². The van der Waals surface area contributed by atoms with E-state index in [0.717, 1.165) is 43.2 Å². The van der Waals surface area contributed by atoms with Gasteiger partial charge in [0.25, 0.3) is 0 Å². The monoisotopic (exact) mass is 267 g/mol. The number of urea groups is 1. The highest BCUT2D eigenvalue weighted by Crippen LogP contribution is 2.23. The Bertz CT molecular complexity index is 408. The van der Waals surface area contributed by atoms with Crippen LogP contribution in [-0.2, 0) is 6.42 Å². The summed E-state index contributed by atoms with van der Waals surface area (Å²) in [6.45, 7) is 5.88. The molecule has 2 rings (SSSR count). The smallest absolute Gasteiger partial charge is 0.323 e. The van der Waals surface area contributed by atoms with Crippen LogP contribution in [0.4, 0.5) is 9.93 Å². The molecule has 0 radical (unpaired) electrons. The highest BCUT2D eigenvalue weighted by Gasteiger charge is 2.17. The minimum Gasteiger partial charge on any atom is -0.324 e. The van der Waals surface area contributed by atoms with Crippen LogP contribution in [0.25, 0.3) is 0 Å². The molecule has 0 atom stereocenters. The summed E-state index contributed by atoms with van der Waals surface area (Å²) in [6, 6.07) is 0.00769. The zero-order chi connectivity index (χ0) is 13.0. The first-order chi connectivity index (χ1) is 8.70. The Balaban J connectivity index is 1.96. The van der Waals surface area contributed by atoms with E-state index >= 15 is 0 Å². The first-order valence-electron chi connectivity index (χ1n) is 6.73. The average Bonchev–Trinajstić information content (AvgIpc) is 2.58. The van der Waals surface area contributed by atoms with Crippen molar-refractivity contribution in [2.24, 2.45) is 0 Å². The molecule has 2 heterocycles. The van der Waals surface area contributed by atoms with Crippen molar-refractivity contribution in [2.75, 3.05) is 18.4 Å². The number of anilines is 1. The Morgan fingerprint density at radius 2 is 2.00 bits per heavy atom. The van der Waals surface area contributed by atoms with Crippen LogP contribution in [0.15, 0.2) is 0 Å². The molecule has 1 N–H and O–H groups in total. The van der Waals surface area contributed by atoms with E-state index in [4.69, 9.17) is 0 Å². The van der Waals surface area contributed by atoms with Gasteiger partial charge in [0.1, 0.15) is 0 Å². The van der Waals surface area contributed by atoms with Crippen LogP contribution >= 0.6 is 11.3 Å². The molecule has 5 heteroatoms. The molecule has 1 fully saturated rings. The van der Waals surface area contributed by atoms with Gasteiger partial charge >= 0.3 is 6.03 Å². The van der Waals surface area contributed by atoms with Crippen molar-refractivity contribution in [3.8, 4) is 0 Å². The number of amides is 2. The first-order valence-corrected chi connectivity index (χ1v) is 7.54. The summed E-state index contributed by atoms with van der Waals surface area (Å²) in [7, 11) is 0. The number of nitrogens with one attached hydrogen (secondary N) is 1. The van der Waals surface area contributed by atoms with Gasteiger partial charge in [-0.3, -0.25) is 5.32 Å². The second-order valence-corrected chi connectivity index (χ2v) is 5.91. The van der Waals surface area contributed by atoms with E-state index in [1.54, 1.807) is 11.3 Å². The minimum absolute atomic E-state index is 0.00769. The molecule has 0 bridgehead atoms. The molecule has 0 saturated carbocycles. The van der Waals surface area contributed by atoms with Gasteiger partial charge in [0, 0.05) is 18.0 Å². The number of aromatic nitrogens is 1. The summed E-state index contributed by atoms with van der Waals surface area (Å²) < 4.78 is 0. The Hall–Kier alpha value is -1.10. The topological polar surface area (TPSA) is 45.2 Å². The number of likely N-dealkylation sites (tertiary alicyclic amines) is 1. The Kier molecular flexibility index (Phi) is 4.58. The molecule has 2 amide bonds. The number of hydrogen-bond acceptors (Lipinski definition) is 3. The summed E-state index contributed by atoms with van der Waals surface area (Å²) in [5.74, 6) is 0. The number of carbonyl (C=O) groups is 1. The van der Waals surface area contributed by atoms with Crippen LogP contribution in [0.2, 0.25) is 0 Å². The summed E-state index contributed by atoms with van der Waals surface area (Å²) in [5, 5.41) is 3.66. The van der Waals surface area contributed by atoms with Crippen LogP contribution in [0.3, 0.4) is 0 Å². The van der Waals surface area contributed by atoms with Crippen LogP contribution in [0.1, 0.15) is 43.2 Å². The van der Waals surface area contributed by atoms with Crippen molar-refractivity contribution in [1.29, 1.82) is 0 Å². The van der Waals surface area contributed by atoms with E-state index < -0.39 is 0 Å². The Labute approximate surface area is 112 Å². The third-order valence-electron chi connectivity index (χ3n) is 3.33. The molecule has 1 saturated heterocycles. The minimum atomic E-state index is 0.00769. The summed E-state index contributed by atoms with van der Waals surface area (Å²) in [5.41, 5.74) is 1.09. The van der Waals surface area contributed by atoms with Gasteiger partial charge in [-0.05, 0) is 26.2 Å². The first kappa shape index (κ1) is 13.3. The second kappa shape index (κ2) is 6.18. The molecule has 0 unspecified atom stereocenters. The van der Waals surface area contributed by atoms with Gasteiger partial charge < -0.3 is 4.90 Å². The largest absolute Gasteiger partial charge is 0.324 e. The maximum atomic E-state index is 12.1. The van der Waals surface area contributed by atoms with Crippen molar-refractivity contribution < 1.29 is 4.79 Å². The fourth-order valence-electron chi connectivity index (χ4n) is 2.25. The van der Waals surface area contributed by atoms with E-state index in [1.165, 1.54) is 17.7 Å². The average molecular weight is 267 g/mol. The van der Waals surface area contributed by atoms with Gasteiger partial charge in [-0.25, -0.2) is 9.78 Å². The number of thiazole rings is 1. The highest BCUT2D eigenvalue weighted by molar-refractivity contribution is 7.15. The number of hydrogen-bond donors (Lipinski definition) is 1. The molecular weight excluding hydrogens is 246 g/mol. The van der Waals surface area contributed by atoms with Crippen LogP contribution in [-0.4, -0.2) is 29.0 Å². The quantitative estimate of drug-likeness (QED) is 0.892. The zero-order valence-electron chi connectivity index (χ0n) is 11.2. The van der Waals surface area contributed by atoms with Crippen molar-refractivity contribution in [1.82, 2.24) is 9.88 Å². The van der Waals surface area contributed by atoms with E-state index in [1.807, 2.05) is 4.90 Å². The number of nitrogens with zero attached hydrogens (tertiary/aromatic N) is 2. The maximum absolute atomic E-state index is 12.1. The van der Waals surface area contributed by atoms with E-state index in [2.05, 4.69) is 24.1 Å². The van der Waals surface area contributed by atoms with Crippen molar-refractivity contribution >= 4 is 22.5 Å². The second-order valence-electron chi connectivity index (χ2n) is 4.71. The van der Waals surface area contributed by atoms with E-state index in [9.17, 15) is 4.79 Å². The lowest BCUT2D eigenvalue weighted by molar-refractivity contribution is 0.214. The third kappa shape index (κ3) is 3.22. The predicted octanol–water partition coefficient (Wildman–Crippen LogP) is 3.42. The normalized spacial score (nSPS) is 16.4. The molecule has 1 aromatic rings. The lowest BCUT2D eigenvalue weighted by atomic mass is 10.2. The standard InChI is InChI=1S/C13H21N3OS/c1-3-11-10(2)18-12(14-11)15-13(17)16-8-6-4-5-7-9-16/h3-9H2,1-2H3,(H,14,15,17). The van der Waals surface area contributed by atoms with Gasteiger partial charge in [-0.15, -0.1) is 11.3 Å². The molecule has 18 heavy (non-hydrogen) atoms. The van der Waals surface area contributed by atoms with Gasteiger partial charge in [-0.2, -0.15) is 0 Å². The van der Waals surface area contributed by atoms with Gasteiger partial charge in [0.15, 0.2) is 5.13 Å². The summed E-state index contributed by atoms with van der Waals surface area (Å²) in [4.78, 5) is 19.7. The Morgan fingerprint density at radius 1 is 1.33 bits per heavy atom. The van der Waals surface area contributed by atoms with Gasteiger partial charge in [0.2, 0.25) is 0 Å². The summed E-state index contributed by atoms with van der Waals surface area (Å²) in [6.07, 6.45) is 5.62. The van der Waals surface area contributed by atoms with E-state index in [0.29, 0.717) is 0 Å². The zero-order valence-corrected chi connectivity index (χ0v) is 12.0. The molecule has 0 aromatic carbocycles. The van der Waals surface area contributed by atoms with Crippen molar-refractivity contribution in [3.63, 3.8) is 0 Å². The fourth-order valence-corrected chi connectivity index (χ4v) is 3.15. The molecule has 4 nitrogen and oxygen atoms in total. The molecular formula is C13H21N3OS. The molecule has 100 valence electrons. The lowest BCUT2D eigenvalue weighted by Gasteiger charge is -2.19. The summed E-state index contributed by atoms with van der Waals surface area (Å²) >= 11 is 1.57. The highest BCUT2D eigenvalue weighted by atomic mass is 32.1. The van der Waals surface area contributed by atoms with Crippen LogP contribution in [0.5, 0.6) is 0 Å². The fraction of sp³-hybridized carbons (Fsp3) is 0.692. The maximum Gasteiger partial charge on any atom is 0.323 e. The third-order valence-corrected chi connectivity index (χ3v) is 4.26. The Morgan fingerprint density at radius 3 is 2.56 bits per heavy atom. The number of rotatable bonds is 2. The predicted molar refractivity (Wildman–Crippen MR) is 75.3 cm³/mol. The van der Waals surface area contributed by atoms with Crippen molar-refractivity contribution in [2.45, 2.75) is 46.0 Å². The van der Waals surface area contributed by atoms with Crippen LogP contribution < -0.4 is 5.32 Å². The molecule has 0 spiro atoms. The molecule has 1 aliphatic rings. The molecule has 1 aromatic heterocycles. The van der Waals surface area contributed by atoms with Gasteiger partial charge in [-0.1, -0.05) is 19.8 Å².